The molecule has 8 heteroatoms. The maximum absolute atomic E-state index is 12.4. The Morgan fingerprint density at radius 2 is 1.88 bits per heavy atom. The molecule has 2 aromatic heterocycles. The number of anilines is 1. The Labute approximate surface area is 159 Å². The van der Waals surface area contributed by atoms with E-state index >= 15 is 0 Å². The molecule has 4 rings (SSSR count). The van der Waals surface area contributed by atoms with Crippen molar-refractivity contribution in [2.75, 3.05) is 36.8 Å². The number of para-hydroxylation sites is 1. The van der Waals surface area contributed by atoms with E-state index in [4.69, 9.17) is 4.42 Å². The van der Waals surface area contributed by atoms with Gasteiger partial charge in [-0.2, -0.15) is 0 Å². The molecule has 1 amide bonds. The van der Waals surface area contributed by atoms with E-state index in [0.29, 0.717) is 16.9 Å². The fraction of sp³-hybridized carbons (Fsp3) is 0.278. The molecule has 3 aromatic rings. The molecule has 26 heavy (non-hydrogen) atoms. The summed E-state index contributed by atoms with van der Waals surface area (Å²) in [6.07, 6.45) is 0. The lowest BCUT2D eigenvalue weighted by atomic mass is 10.2. The number of carbonyl (C=O) groups is 1. The lowest BCUT2D eigenvalue weighted by Gasteiger charge is -2.36. The zero-order chi connectivity index (χ0) is 17.8. The number of hydrogen-bond acceptors (Lipinski definition) is 7. The standard InChI is InChI=1S/C18H18N4O2S2/c23-16(13-26-18-20-19-17(24-18)15-7-4-12-25-15)22-10-8-21(9-11-22)14-5-2-1-3-6-14/h1-7,12H,8-11,13H2. The average molecular weight is 387 g/mol. The predicted octanol–water partition coefficient (Wildman–Crippen LogP) is 3.24. The first-order valence-electron chi connectivity index (χ1n) is 8.37. The average Bonchev–Trinajstić information content (AvgIpc) is 3.38. The molecule has 0 N–H and O–H groups in total. The van der Waals surface area contributed by atoms with Crippen LogP contribution in [0.25, 0.3) is 10.8 Å². The van der Waals surface area contributed by atoms with E-state index in [0.717, 1.165) is 31.1 Å². The van der Waals surface area contributed by atoms with E-state index in [9.17, 15) is 4.79 Å². The number of rotatable bonds is 5. The van der Waals surface area contributed by atoms with Gasteiger partial charge in [-0.05, 0) is 23.6 Å². The van der Waals surface area contributed by atoms with Crippen molar-refractivity contribution >= 4 is 34.7 Å². The minimum Gasteiger partial charge on any atom is -0.410 e. The van der Waals surface area contributed by atoms with Crippen LogP contribution >= 0.6 is 23.1 Å². The molecule has 0 atom stereocenters. The number of piperazine rings is 1. The van der Waals surface area contributed by atoms with E-state index in [1.165, 1.54) is 17.4 Å². The highest BCUT2D eigenvalue weighted by Gasteiger charge is 2.22. The van der Waals surface area contributed by atoms with Crippen molar-refractivity contribution in [1.29, 1.82) is 0 Å². The first-order chi connectivity index (χ1) is 12.8. The molecule has 0 radical (unpaired) electrons. The van der Waals surface area contributed by atoms with E-state index in [1.54, 1.807) is 11.3 Å². The first kappa shape index (κ1) is 17.1. The zero-order valence-corrected chi connectivity index (χ0v) is 15.7. The fourth-order valence-corrected chi connectivity index (χ4v) is 4.15. The topological polar surface area (TPSA) is 62.5 Å². The first-order valence-corrected chi connectivity index (χ1v) is 10.2. The van der Waals surface area contributed by atoms with Gasteiger partial charge in [0.2, 0.25) is 5.91 Å². The molecule has 0 bridgehead atoms. The van der Waals surface area contributed by atoms with Gasteiger partial charge in [0.25, 0.3) is 11.1 Å². The second-order valence-corrected chi connectivity index (χ2v) is 7.72. The molecular formula is C18H18N4O2S2. The van der Waals surface area contributed by atoms with Crippen LogP contribution in [0.3, 0.4) is 0 Å². The van der Waals surface area contributed by atoms with Crippen LogP contribution in [0.5, 0.6) is 0 Å². The van der Waals surface area contributed by atoms with E-state index < -0.39 is 0 Å². The summed E-state index contributed by atoms with van der Waals surface area (Å²) in [6, 6.07) is 14.2. The monoisotopic (exact) mass is 386 g/mol. The minimum absolute atomic E-state index is 0.110. The lowest BCUT2D eigenvalue weighted by Crippen LogP contribution is -2.49. The molecule has 0 saturated carbocycles. The van der Waals surface area contributed by atoms with Crippen LogP contribution < -0.4 is 4.90 Å². The summed E-state index contributed by atoms with van der Waals surface area (Å²) >= 11 is 2.85. The number of thiophene rings is 1. The largest absolute Gasteiger partial charge is 0.410 e. The maximum atomic E-state index is 12.4. The SMILES string of the molecule is O=C(CSc1nnc(-c2cccs2)o1)N1CCN(c2ccccc2)CC1. The highest BCUT2D eigenvalue weighted by molar-refractivity contribution is 7.99. The Balaban J connectivity index is 1.27. The Morgan fingerprint density at radius 3 is 2.62 bits per heavy atom. The number of aromatic nitrogens is 2. The summed E-state index contributed by atoms with van der Waals surface area (Å²) in [4.78, 5) is 17.6. The van der Waals surface area contributed by atoms with Gasteiger partial charge in [-0.3, -0.25) is 4.79 Å². The van der Waals surface area contributed by atoms with Gasteiger partial charge in [-0.1, -0.05) is 36.0 Å². The molecule has 0 aliphatic carbocycles. The molecule has 3 heterocycles. The minimum atomic E-state index is 0.110. The van der Waals surface area contributed by atoms with Gasteiger partial charge in [-0.25, -0.2) is 0 Å². The Bertz CT molecular complexity index is 843. The van der Waals surface area contributed by atoms with Gasteiger partial charge in [0.15, 0.2) is 0 Å². The summed E-state index contributed by atoms with van der Waals surface area (Å²) in [5.41, 5.74) is 1.21. The van der Waals surface area contributed by atoms with Gasteiger partial charge in [0.05, 0.1) is 10.6 Å². The van der Waals surface area contributed by atoms with Gasteiger partial charge in [0, 0.05) is 31.9 Å². The highest BCUT2D eigenvalue weighted by atomic mass is 32.2. The number of amides is 1. The van der Waals surface area contributed by atoms with E-state index in [2.05, 4.69) is 27.2 Å². The summed E-state index contributed by atoms with van der Waals surface area (Å²) < 4.78 is 5.61. The summed E-state index contributed by atoms with van der Waals surface area (Å²) in [7, 11) is 0. The van der Waals surface area contributed by atoms with Crippen molar-refractivity contribution in [1.82, 2.24) is 15.1 Å². The van der Waals surface area contributed by atoms with Crippen molar-refractivity contribution in [3.63, 3.8) is 0 Å². The van der Waals surface area contributed by atoms with Gasteiger partial charge in [-0.15, -0.1) is 21.5 Å². The molecule has 0 unspecified atom stereocenters. The van der Waals surface area contributed by atoms with Crippen molar-refractivity contribution in [2.24, 2.45) is 0 Å². The third kappa shape index (κ3) is 3.91. The van der Waals surface area contributed by atoms with Crippen LogP contribution in [0.1, 0.15) is 0 Å². The van der Waals surface area contributed by atoms with Gasteiger partial charge >= 0.3 is 0 Å². The number of thioether (sulfide) groups is 1. The molecule has 134 valence electrons. The molecule has 6 nitrogen and oxygen atoms in total. The van der Waals surface area contributed by atoms with Crippen molar-refractivity contribution < 1.29 is 9.21 Å². The van der Waals surface area contributed by atoms with Crippen LogP contribution in [0, 0.1) is 0 Å². The Kier molecular flexibility index (Phi) is 5.21. The molecule has 1 aliphatic heterocycles. The molecule has 1 saturated heterocycles. The molecular weight excluding hydrogens is 368 g/mol. The zero-order valence-electron chi connectivity index (χ0n) is 14.1. The second-order valence-electron chi connectivity index (χ2n) is 5.84. The summed E-state index contributed by atoms with van der Waals surface area (Å²) in [5, 5.41) is 10.4. The number of carbonyl (C=O) groups excluding carboxylic acids is 1. The van der Waals surface area contributed by atoms with Crippen molar-refractivity contribution in [3.8, 4) is 10.8 Å². The Hall–Kier alpha value is -2.32. The predicted molar refractivity (Wildman–Crippen MR) is 104 cm³/mol. The van der Waals surface area contributed by atoms with Gasteiger partial charge in [0.1, 0.15) is 0 Å². The highest BCUT2D eigenvalue weighted by Crippen LogP contribution is 2.26. The van der Waals surface area contributed by atoms with Gasteiger partial charge < -0.3 is 14.2 Å². The normalized spacial score (nSPS) is 14.6. The van der Waals surface area contributed by atoms with Crippen LogP contribution in [-0.2, 0) is 4.79 Å². The van der Waals surface area contributed by atoms with E-state index in [1.807, 2.05) is 40.6 Å². The Morgan fingerprint density at radius 1 is 1.08 bits per heavy atom. The van der Waals surface area contributed by atoms with Crippen LogP contribution in [0.15, 0.2) is 57.5 Å². The van der Waals surface area contributed by atoms with E-state index in [-0.39, 0.29) is 5.91 Å². The van der Waals surface area contributed by atoms with Crippen molar-refractivity contribution in [3.05, 3.63) is 47.8 Å². The van der Waals surface area contributed by atoms with Crippen LogP contribution in [0.2, 0.25) is 0 Å². The number of hydrogen-bond donors (Lipinski definition) is 0. The third-order valence-electron chi connectivity index (χ3n) is 4.21. The molecule has 1 aromatic carbocycles. The molecule has 0 spiro atoms. The number of benzene rings is 1. The smallest absolute Gasteiger partial charge is 0.277 e. The summed E-state index contributed by atoms with van der Waals surface area (Å²) in [6.45, 7) is 3.17. The third-order valence-corrected chi connectivity index (χ3v) is 5.87. The lowest BCUT2D eigenvalue weighted by molar-refractivity contribution is -0.128. The van der Waals surface area contributed by atoms with Crippen molar-refractivity contribution in [2.45, 2.75) is 5.22 Å². The summed E-state index contributed by atoms with van der Waals surface area (Å²) in [5.74, 6) is 0.933. The number of nitrogens with zero attached hydrogens (tertiary/aromatic N) is 4. The van der Waals surface area contributed by atoms with Crippen LogP contribution in [-0.4, -0.2) is 52.9 Å². The maximum Gasteiger partial charge on any atom is 0.277 e. The quantitative estimate of drug-likeness (QED) is 0.628. The molecule has 1 fully saturated rings. The van der Waals surface area contributed by atoms with Crippen LogP contribution in [0.4, 0.5) is 5.69 Å². The fourth-order valence-electron chi connectivity index (χ4n) is 2.84. The molecule has 1 aliphatic rings. The second kappa shape index (κ2) is 7.92.